The maximum absolute atomic E-state index is 12.9. The number of hydrogen-bond acceptors (Lipinski definition) is 4. The van der Waals surface area contributed by atoms with Crippen LogP contribution in [0.3, 0.4) is 0 Å². The van der Waals surface area contributed by atoms with Crippen LogP contribution in [0.25, 0.3) is 10.9 Å². The lowest BCUT2D eigenvalue weighted by atomic mass is 10.1. The maximum atomic E-state index is 12.9. The van der Waals surface area contributed by atoms with Gasteiger partial charge in [-0.2, -0.15) is 13.2 Å². The number of nitrogens with zero attached hydrogens (tertiary/aromatic N) is 4. The molecule has 140 valence electrons. The normalized spacial score (nSPS) is 16.0. The average Bonchev–Trinajstić information content (AvgIpc) is 2.68. The minimum absolute atomic E-state index is 0.376. The van der Waals surface area contributed by atoms with Gasteiger partial charge in [0.05, 0.1) is 11.1 Å². The first kappa shape index (κ1) is 17.7. The molecule has 0 spiro atoms. The molecule has 1 fully saturated rings. The number of hydrogen-bond donors (Lipinski definition) is 0. The third-order valence-electron chi connectivity index (χ3n) is 4.92. The van der Waals surface area contributed by atoms with Crippen molar-refractivity contribution in [2.24, 2.45) is 0 Å². The van der Waals surface area contributed by atoms with Crippen molar-refractivity contribution < 1.29 is 13.2 Å². The first-order valence-electron chi connectivity index (χ1n) is 8.83. The lowest BCUT2D eigenvalue weighted by molar-refractivity contribution is -0.137. The van der Waals surface area contributed by atoms with Gasteiger partial charge in [0.2, 0.25) is 0 Å². The first-order valence-corrected chi connectivity index (χ1v) is 8.83. The Kier molecular flexibility index (Phi) is 4.70. The molecule has 0 atom stereocenters. The Bertz CT molecular complexity index is 919. The van der Waals surface area contributed by atoms with E-state index in [1.165, 1.54) is 11.6 Å². The molecule has 1 aromatic carbocycles. The highest BCUT2D eigenvalue weighted by Gasteiger charge is 2.31. The quantitative estimate of drug-likeness (QED) is 0.696. The van der Waals surface area contributed by atoms with E-state index in [2.05, 4.69) is 19.8 Å². The minimum atomic E-state index is -4.36. The van der Waals surface area contributed by atoms with Gasteiger partial charge < -0.3 is 4.90 Å². The fraction of sp³-hybridized carbons (Fsp3) is 0.300. The van der Waals surface area contributed by atoms with E-state index in [0.717, 1.165) is 55.9 Å². The molecule has 0 radical (unpaired) electrons. The smallest absolute Gasteiger partial charge is 0.368 e. The first-order chi connectivity index (χ1) is 13.0. The van der Waals surface area contributed by atoms with Crippen molar-refractivity contribution >= 4 is 16.6 Å². The SMILES string of the molecule is FC(F)(F)c1ccc2c(N3CCN(Cc4ccncc4)CC3)ccnc2c1. The van der Waals surface area contributed by atoms with Gasteiger partial charge in [0.1, 0.15) is 0 Å². The monoisotopic (exact) mass is 372 g/mol. The van der Waals surface area contributed by atoms with Gasteiger partial charge in [0.25, 0.3) is 0 Å². The molecule has 4 nitrogen and oxygen atoms in total. The summed E-state index contributed by atoms with van der Waals surface area (Å²) in [5.74, 6) is 0. The van der Waals surface area contributed by atoms with Crippen LogP contribution in [-0.4, -0.2) is 41.0 Å². The van der Waals surface area contributed by atoms with Gasteiger partial charge in [0.15, 0.2) is 0 Å². The summed E-state index contributed by atoms with van der Waals surface area (Å²) in [5.41, 5.74) is 1.88. The number of aromatic nitrogens is 2. The molecular weight excluding hydrogens is 353 g/mol. The maximum Gasteiger partial charge on any atom is 0.416 e. The van der Waals surface area contributed by atoms with Crippen molar-refractivity contribution in [3.05, 3.63) is 66.1 Å². The topological polar surface area (TPSA) is 32.3 Å². The number of benzene rings is 1. The Labute approximate surface area is 155 Å². The molecule has 3 aromatic rings. The van der Waals surface area contributed by atoms with Crippen LogP contribution in [-0.2, 0) is 12.7 Å². The van der Waals surface area contributed by atoms with Crippen molar-refractivity contribution in [3.63, 3.8) is 0 Å². The number of rotatable bonds is 3. The third kappa shape index (κ3) is 3.88. The van der Waals surface area contributed by atoms with Crippen molar-refractivity contribution in [2.45, 2.75) is 12.7 Å². The molecule has 0 amide bonds. The Morgan fingerprint density at radius 2 is 1.63 bits per heavy atom. The van der Waals surface area contributed by atoms with Crippen molar-refractivity contribution in [1.29, 1.82) is 0 Å². The van der Waals surface area contributed by atoms with Gasteiger partial charge in [0, 0.05) is 62.4 Å². The summed E-state index contributed by atoms with van der Waals surface area (Å²) >= 11 is 0. The molecule has 1 aliphatic heterocycles. The number of alkyl halides is 3. The molecule has 2 aromatic heterocycles. The van der Waals surface area contributed by atoms with E-state index in [0.29, 0.717) is 5.52 Å². The zero-order valence-electron chi connectivity index (χ0n) is 14.7. The second kappa shape index (κ2) is 7.15. The Morgan fingerprint density at radius 1 is 0.889 bits per heavy atom. The summed E-state index contributed by atoms with van der Waals surface area (Å²) in [6, 6.07) is 9.70. The molecule has 0 saturated carbocycles. The van der Waals surface area contributed by atoms with E-state index in [9.17, 15) is 13.2 Å². The van der Waals surface area contributed by atoms with E-state index in [1.54, 1.807) is 18.6 Å². The summed E-state index contributed by atoms with van der Waals surface area (Å²) in [5, 5.41) is 0.757. The van der Waals surface area contributed by atoms with E-state index < -0.39 is 11.7 Å². The second-order valence-corrected chi connectivity index (χ2v) is 6.68. The molecule has 0 aliphatic carbocycles. The molecule has 0 unspecified atom stereocenters. The van der Waals surface area contributed by atoms with E-state index in [1.807, 2.05) is 18.2 Å². The summed E-state index contributed by atoms with van der Waals surface area (Å²) in [4.78, 5) is 12.8. The van der Waals surface area contributed by atoms with Gasteiger partial charge in [-0.25, -0.2) is 0 Å². The highest BCUT2D eigenvalue weighted by molar-refractivity contribution is 5.92. The number of anilines is 1. The zero-order valence-corrected chi connectivity index (χ0v) is 14.7. The average molecular weight is 372 g/mol. The molecule has 4 rings (SSSR count). The van der Waals surface area contributed by atoms with Crippen LogP contribution in [0.15, 0.2) is 55.0 Å². The van der Waals surface area contributed by atoms with Gasteiger partial charge >= 0.3 is 6.18 Å². The molecule has 7 heteroatoms. The van der Waals surface area contributed by atoms with Crippen LogP contribution in [0.5, 0.6) is 0 Å². The van der Waals surface area contributed by atoms with Gasteiger partial charge in [-0.15, -0.1) is 0 Å². The van der Waals surface area contributed by atoms with Crippen molar-refractivity contribution in [1.82, 2.24) is 14.9 Å². The Hall–Kier alpha value is -2.67. The Balaban J connectivity index is 1.50. The minimum Gasteiger partial charge on any atom is -0.368 e. The molecule has 0 N–H and O–H groups in total. The van der Waals surface area contributed by atoms with Crippen molar-refractivity contribution in [2.75, 3.05) is 31.1 Å². The van der Waals surface area contributed by atoms with E-state index in [-0.39, 0.29) is 0 Å². The highest BCUT2D eigenvalue weighted by atomic mass is 19.4. The number of halogens is 3. The fourth-order valence-corrected chi connectivity index (χ4v) is 3.48. The largest absolute Gasteiger partial charge is 0.416 e. The molecule has 1 aliphatic rings. The summed E-state index contributed by atoms with van der Waals surface area (Å²) in [6.45, 7) is 4.32. The van der Waals surface area contributed by atoms with Gasteiger partial charge in [-0.1, -0.05) is 6.07 Å². The number of fused-ring (bicyclic) bond motifs is 1. The van der Waals surface area contributed by atoms with Crippen LogP contribution in [0.1, 0.15) is 11.1 Å². The van der Waals surface area contributed by atoms with Gasteiger partial charge in [-0.05, 0) is 35.9 Å². The highest BCUT2D eigenvalue weighted by Crippen LogP contribution is 2.33. The fourth-order valence-electron chi connectivity index (χ4n) is 3.48. The Morgan fingerprint density at radius 3 is 2.33 bits per heavy atom. The molecule has 1 saturated heterocycles. The van der Waals surface area contributed by atoms with Crippen LogP contribution in [0, 0.1) is 0 Å². The predicted octanol–water partition coefficient (Wildman–Crippen LogP) is 3.97. The van der Waals surface area contributed by atoms with Crippen LogP contribution >= 0.6 is 0 Å². The van der Waals surface area contributed by atoms with Crippen LogP contribution in [0.4, 0.5) is 18.9 Å². The molecule has 3 heterocycles. The summed E-state index contributed by atoms with van der Waals surface area (Å²) in [7, 11) is 0. The summed E-state index contributed by atoms with van der Waals surface area (Å²) in [6.07, 6.45) is 0.819. The van der Waals surface area contributed by atoms with E-state index >= 15 is 0 Å². The number of piperazine rings is 1. The molecule has 27 heavy (non-hydrogen) atoms. The lowest BCUT2D eigenvalue weighted by Gasteiger charge is -2.36. The van der Waals surface area contributed by atoms with Crippen molar-refractivity contribution in [3.8, 4) is 0 Å². The second-order valence-electron chi connectivity index (χ2n) is 6.68. The zero-order chi connectivity index (χ0) is 18.9. The predicted molar refractivity (Wildman–Crippen MR) is 98.5 cm³/mol. The van der Waals surface area contributed by atoms with Gasteiger partial charge in [-0.3, -0.25) is 14.9 Å². The molecular formula is C20H19F3N4. The lowest BCUT2D eigenvalue weighted by Crippen LogP contribution is -2.46. The summed E-state index contributed by atoms with van der Waals surface area (Å²) < 4.78 is 38.8. The van der Waals surface area contributed by atoms with Crippen LogP contribution in [0.2, 0.25) is 0 Å². The number of pyridine rings is 2. The molecule has 0 bridgehead atoms. The standard InChI is InChI=1S/C20H19F3N4/c21-20(22,23)16-1-2-17-18(13-16)25-8-5-19(17)27-11-9-26(10-12-27)14-15-3-6-24-7-4-15/h1-8,13H,9-12,14H2. The third-order valence-corrected chi connectivity index (χ3v) is 4.92. The van der Waals surface area contributed by atoms with E-state index in [4.69, 9.17) is 0 Å². The van der Waals surface area contributed by atoms with Crippen LogP contribution < -0.4 is 4.90 Å².